The molecule has 0 aromatic heterocycles. The molecule has 2 aromatic rings. The molecular weight excluding hydrogens is 400 g/mol. The van der Waals surface area contributed by atoms with Crippen LogP contribution in [0, 0.1) is 0 Å². The lowest BCUT2D eigenvalue weighted by atomic mass is 9.76. The lowest BCUT2D eigenvalue weighted by molar-refractivity contribution is 0.261. The second kappa shape index (κ2) is 10.1. The summed E-state index contributed by atoms with van der Waals surface area (Å²) in [5, 5.41) is 0. The highest BCUT2D eigenvalue weighted by molar-refractivity contribution is 5.48. The third-order valence-electron chi connectivity index (χ3n) is 6.38. The molecule has 172 valence electrons. The zero-order valence-electron chi connectivity index (χ0n) is 19.7. The molecule has 32 heavy (non-hydrogen) atoms. The van der Waals surface area contributed by atoms with Crippen LogP contribution in [-0.2, 0) is 27.7 Å². The molecule has 2 fully saturated rings. The number of ether oxygens (including phenoxy) is 4. The lowest BCUT2D eigenvalue weighted by Crippen LogP contribution is -2.20. The molecule has 0 spiro atoms. The van der Waals surface area contributed by atoms with Crippen LogP contribution in [0.2, 0.25) is 0 Å². The van der Waals surface area contributed by atoms with Crippen molar-refractivity contribution in [1.29, 1.82) is 0 Å². The van der Waals surface area contributed by atoms with Gasteiger partial charge in [-0.25, -0.2) is 0 Å². The monoisotopic (exact) mass is 436 g/mol. The van der Waals surface area contributed by atoms with Crippen LogP contribution in [0.15, 0.2) is 49.1 Å². The first kappa shape index (κ1) is 22.9. The van der Waals surface area contributed by atoms with Crippen molar-refractivity contribution in [2.75, 3.05) is 26.4 Å². The predicted molar refractivity (Wildman–Crippen MR) is 128 cm³/mol. The molecule has 2 aliphatic heterocycles. The Morgan fingerprint density at radius 2 is 1.47 bits per heavy atom. The normalized spacial score (nSPS) is 19.5. The van der Waals surface area contributed by atoms with E-state index in [1.54, 1.807) is 0 Å². The molecule has 2 unspecified atom stereocenters. The smallest absolute Gasteiger partial charge is 0.122 e. The SMILES string of the molecule is C=CCc1cc(C(C)(C)c2ccc(OCC3CO3)c(CCCC)c2)ccc1OCC1CO1. The molecule has 4 nitrogen and oxygen atoms in total. The van der Waals surface area contributed by atoms with Crippen molar-refractivity contribution in [3.05, 3.63) is 71.3 Å². The van der Waals surface area contributed by atoms with Gasteiger partial charge in [0.15, 0.2) is 0 Å². The molecular formula is C28H36O4. The Labute approximate surface area is 192 Å². The fourth-order valence-electron chi connectivity index (χ4n) is 3.96. The van der Waals surface area contributed by atoms with Gasteiger partial charge < -0.3 is 18.9 Å². The summed E-state index contributed by atoms with van der Waals surface area (Å²) in [6, 6.07) is 13.2. The standard InChI is InChI=1S/C28H36O4/c1-5-7-9-21-15-23(11-13-27(21)32-19-25-17-30-25)28(3,4)22-10-12-26(20(14-22)8-6-2)31-18-24-16-29-24/h6,10-15,24-25H,2,5,7-9,16-19H2,1,3-4H3. The lowest BCUT2D eigenvalue weighted by Gasteiger charge is -2.28. The number of allylic oxidation sites excluding steroid dienone is 1. The van der Waals surface area contributed by atoms with E-state index in [4.69, 9.17) is 18.9 Å². The predicted octanol–water partition coefficient (Wildman–Crippen LogP) is 5.64. The van der Waals surface area contributed by atoms with Crippen molar-refractivity contribution < 1.29 is 18.9 Å². The van der Waals surface area contributed by atoms with E-state index in [9.17, 15) is 0 Å². The molecule has 0 radical (unpaired) electrons. The first-order chi connectivity index (χ1) is 15.5. The van der Waals surface area contributed by atoms with Crippen molar-refractivity contribution in [2.45, 2.75) is 64.1 Å². The number of hydrogen-bond donors (Lipinski definition) is 0. The number of benzene rings is 2. The summed E-state index contributed by atoms with van der Waals surface area (Å²) >= 11 is 0. The van der Waals surface area contributed by atoms with Crippen LogP contribution in [0.25, 0.3) is 0 Å². The van der Waals surface area contributed by atoms with Gasteiger partial charge in [-0.1, -0.05) is 57.5 Å². The van der Waals surface area contributed by atoms with Crippen molar-refractivity contribution in [3.63, 3.8) is 0 Å². The van der Waals surface area contributed by atoms with Crippen LogP contribution in [0.4, 0.5) is 0 Å². The van der Waals surface area contributed by atoms with Crippen LogP contribution in [0.3, 0.4) is 0 Å². The van der Waals surface area contributed by atoms with Crippen molar-refractivity contribution in [1.82, 2.24) is 0 Å². The summed E-state index contributed by atoms with van der Waals surface area (Å²) in [4.78, 5) is 0. The van der Waals surface area contributed by atoms with Crippen molar-refractivity contribution >= 4 is 0 Å². The maximum atomic E-state index is 6.09. The topological polar surface area (TPSA) is 43.5 Å². The van der Waals surface area contributed by atoms with E-state index in [1.165, 1.54) is 22.3 Å². The highest BCUT2D eigenvalue weighted by Crippen LogP contribution is 2.37. The Bertz CT molecular complexity index is 925. The third kappa shape index (κ3) is 5.73. The average molecular weight is 437 g/mol. The minimum atomic E-state index is -0.146. The van der Waals surface area contributed by atoms with Gasteiger partial charge in [0.05, 0.1) is 13.2 Å². The molecule has 2 saturated heterocycles. The van der Waals surface area contributed by atoms with E-state index in [-0.39, 0.29) is 17.6 Å². The fourth-order valence-corrected chi connectivity index (χ4v) is 3.96. The quantitative estimate of drug-likeness (QED) is 0.301. The second-order valence-electron chi connectivity index (χ2n) is 9.40. The van der Waals surface area contributed by atoms with E-state index in [2.05, 4.69) is 63.7 Å². The largest absolute Gasteiger partial charge is 0.491 e. The van der Waals surface area contributed by atoms with Crippen molar-refractivity contribution in [2.24, 2.45) is 0 Å². The minimum absolute atomic E-state index is 0.146. The van der Waals surface area contributed by atoms with Crippen LogP contribution in [0.5, 0.6) is 11.5 Å². The molecule has 0 aliphatic carbocycles. The number of rotatable bonds is 13. The highest BCUT2D eigenvalue weighted by Gasteiger charge is 2.27. The third-order valence-corrected chi connectivity index (χ3v) is 6.38. The average Bonchev–Trinajstić information content (AvgIpc) is 3.70. The van der Waals surface area contributed by atoms with Crippen LogP contribution < -0.4 is 9.47 Å². The first-order valence-corrected chi connectivity index (χ1v) is 11.9. The Kier molecular flexibility index (Phi) is 7.22. The molecule has 2 heterocycles. The van der Waals surface area contributed by atoms with Gasteiger partial charge in [-0.05, 0) is 53.6 Å². The van der Waals surface area contributed by atoms with Crippen LogP contribution in [-0.4, -0.2) is 38.6 Å². The van der Waals surface area contributed by atoms with Gasteiger partial charge in [-0.3, -0.25) is 0 Å². The molecule has 0 bridgehead atoms. The Balaban J connectivity index is 1.58. The molecule has 0 saturated carbocycles. The summed E-state index contributed by atoms with van der Waals surface area (Å²) < 4.78 is 22.7. The summed E-state index contributed by atoms with van der Waals surface area (Å²) in [5.41, 5.74) is 4.87. The summed E-state index contributed by atoms with van der Waals surface area (Å²) in [6.45, 7) is 13.6. The van der Waals surface area contributed by atoms with Gasteiger partial charge in [0.2, 0.25) is 0 Å². The van der Waals surface area contributed by atoms with Gasteiger partial charge in [-0.15, -0.1) is 6.58 Å². The van der Waals surface area contributed by atoms with E-state index in [0.29, 0.717) is 13.2 Å². The number of epoxide rings is 2. The van der Waals surface area contributed by atoms with E-state index < -0.39 is 0 Å². The molecule has 4 rings (SSSR count). The van der Waals surface area contributed by atoms with Gasteiger partial charge >= 0.3 is 0 Å². The molecule has 4 heteroatoms. The van der Waals surface area contributed by atoms with Crippen LogP contribution in [0.1, 0.15) is 55.9 Å². The zero-order chi connectivity index (χ0) is 22.6. The Hall–Kier alpha value is -2.30. The summed E-state index contributed by atoms with van der Waals surface area (Å²) in [7, 11) is 0. The van der Waals surface area contributed by atoms with E-state index in [1.807, 2.05) is 6.08 Å². The van der Waals surface area contributed by atoms with Gasteiger partial charge in [0.25, 0.3) is 0 Å². The second-order valence-corrected chi connectivity index (χ2v) is 9.40. The molecule has 0 amide bonds. The number of hydrogen-bond acceptors (Lipinski definition) is 4. The minimum Gasteiger partial charge on any atom is -0.491 e. The fraction of sp³-hybridized carbons (Fsp3) is 0.500. The van der Waals surface area contributed by atoms with Gasteiger partial charge in [0, 0.05) is 5.41 Å². The summed E-state index contributed by atoms with van der Waals surface area (Å²) in [5.74, 6) is 1.92. The molecule has 2 aromatic carbocycles. The highest BCUT2D eigenvalue weighted by atomic mass is 16.6. The Morgan fingerprint density at radius 1 is 0.938 bits per heavy atom. The van der Waals surface area contributed by atoms with E-state index in [0.717, 1.165) is 50.4 Å². The van der Waals surface area contributed by atoms with Crippen LogP contribution >= 0.6 is 0 Å². The maximum Gasteiger partial charge on any atom is 0.122 e. The molecule has 2 atom stereocenters. The van der Waals surface area contributed by atoms with Gasteiger partial charge in [-0.2, -0.15) is 0 Å². The Morgan fingerprint density at radius 3 is 1.97 bits per heavy atom. The number of aryl methyl sites for hydroxylation is 1. The van der Waals surface area contributed by atoms with Crippen molar-refractivity contribution in [3.8, 4) is 11.5 Å². The zero-order valence-corrected chi connectivity index (χ0v) is 19.7. The molecule has 0 N–H and O–H groups in total. The summed E-state index contributed by atoms with van der Waals surface area (Å²) in [6.07, 6.45) is 6.57. The van der Waals surface area contributed by atoms with E-state index >= 15 is 0 Å². The molecule has 2 aliphatic rings. The number of unbranched alkanes of at least 4 members (excludes halogenated alkanes) is 1. The first-order valence-electron chi connectivity index (χ1n) is 11.9. The van der Waals surface area contributed by atoms with Gasteiger partial charge in [0.1, 0.15) is 36.9 Å². The maximum absolute atomic E-state index is 6.09.